The van der Waals surface area contributed by atoms with Crippen LogP contribution >= 0.6 is 11.6 Å². The van der Waals surface area contributed by atoms with Gasteiger partial charge in [0.2, 0.25) is 6.79 Å². The van der Waals surface area contributed by atoms with Crippen molar-refractivity contribution in [2.75, 3.05) is 6.79 Å². The maximum atomic E-state index is 5.80. The second-order valence-corrected chi connectivity index (χ2v) is 3.68. The van der Waals surface area contributed by atoms with Crippen molar-refractivity contribution in [2.24, 2.45) is 0 Å². The molecular formula is C11H7ClN2O2. The topological polar surface area (TPSA) is 44.2 Å². The fraction of sp³-hybridized carbons (Fsp3) is 0.0909. The molecule has 0 spiro atoms. The molecule has 4 nitrogen and oxygen atoms in total. The summed E-state index contributed by atoms with van der Waals surface area (Å²) in [5.74, 6) is 1.48. The van der Waals surface area contributed by atoms with Crippen molar-refractivity contribution in [2.45, 2.75) is 0 Å². The zero-order valence-electron chi connectivity index (χ0n) is 8.18. The molecule has 0 radical (unpaired) electrons. The van der Waals surface area contributed by atoms with Crippen LogP contribution in [0, 0.1) is 0 Å². The van der Waals surface area contributed by atoms with Crippen LogP contribution in [0.2, 0.25) is 5.15 Å². The molecule has 0 saturated carbocycles. The predicted molar refractivity (Wildman–Crippen MR) is 58.6 cm³/mol. The minimum atomic E-state index is 0.267. The third kappa shape index (κ3) is 1.57. The lowest BCUT2D eigenvalue weighted by Gasteiger charge is -2.02. The smallest absolute Gasteiger partial charge is 0.231 e. The van der Waals surface area contributed by atoms with Crippen molar-refractivity contribution in [3.63, 3.8) is 0 Å². The number of ether oxygens (including phenoxy) is 2. The molecule has 1 aromatic carbocycles. The highest BCUT2D eigenvalue weighted by atomic mass is 35.5. The molecule has 1 aliphatic heterocycles. The first-order valence-corrected chi connectivity index (χ1v) is 5.08. The molecule has 1 aliphatic rings. The Morgan fingerprint density at radius 1 is 1.06 bits per heavy atom. The molecule has 0 bridgehead atoms. The van der Waals surface area contributed by atoms with Gasteiger partial charge in [-0.15, -0.1) is 0 Å². The van der Waals surface area contributed by atoms with Gasteiger partial charge in [0.1, 0.15) is 11.5 Å². The molecule has 0 unspecified atom stereocenters. The summed E-state index contributed by atoms with van der Waals surface area (Å²) in [6, 6.07) is 7.35. The zero-order chi connectivity index (χ0) is 11.0. The highest BCUT2D eigenvalue weighted by Crippen LogP contribution is 2.35. The lowest BCUT2D eigenvalue weighted by atomic mass is 10.1. The van der Waals surface area contributed by atoms with Crippen molar-refractivity contribution >= 4 is 11.6 Å². The molecule has 0 aliphatic carbocycles. The Balaban J connectivity index is 2.07. The fourth-order valence-electron chi connectivity index (χ4n) is 1.55. The summed E-state index contributed by atoms with van der Waals surface area (Å²) in [5.41, 5.74) is 1.69. The van der Waals surface area contributed by atoms with Crippen LogP contribution in [0.5, 0.6) is 11.5 Å². The molecule has 0 N–H and O–H groups in total. The van der Waals surface area contributed by atoms with E-state index >= 15 is 0 Å². The quantitative estimate of drug-likeness (QED) is 0.712. The van der Waals surface area contributed by atoms with Gasteiger partial charge in [-0.25, -0.2) is 9.97 Å². The second kappa shape index (κ2) is 3.64. The predicted octanol–water partition coefficient (Wildman–Crippen LogP) is 2.53. The van der Waals surface area contributed by atoms with Crippen LogP contribution in [0.15, 0.2) is 30.6 Å². The Morgan fingerprint density at radius 2 is 1.94 bits per heavy atom. The first-order valence-electron chi connectivity index (χ1n) is 4.70. The van der Waals surface area contributed by atoms with Crippen molar-refractivity contribution in [1.82, 2.24) is 9.97 Å². The van der Waals surface area contributed by atoms with E-state index in [9.17, 15) is 0 Å². The first-order chi connectivity index (χ1) is 7.83. The Hall–Kier alpha value is -1.81. The minimum absolute atomic E-state index is 0.267. The molecular weight excluding hydrogens is 228 g/mol. The first kappa shape index (κ1) is 9.42. The average Bonchev–Trinajstić information content (AvgIpc) is 2.75. The summed E-state index contributed by atoms with van der Waals surface area (Å²) < 4.78 is 10.5. The van der Waals surface area contributed by atoms with Crippen LogP contribution in [0.1, 0.15) is 0 Å². The van der Waals surface area contributed by atoms with Crippen molar-refractivity contribution in [1.29, 1.82) is 0 Å². The van der Waals surface area contributed by atoms with E-state index in [4.69, 9.17) is 21.1 Å². The summed E-state index contributed by atoms with van der Waals surface area (Å²) in [7, 11) is 0. The lowest BCUT2D eigenvalue weighted by Crippen LogP contribution is -1.92. The molecule has 0 saturated heterocycles. The summed E-state index contributed by atoms with van der Waals surface area (Å²) in [4.78, 5) is 7.98. The highest BCUT2D eigenvalue weighted by Gasteiger charge is 2.14. The van der Waals surface area contributed by atoms with Crippen molar-refractivity contribution < 1.29 is 9.47 Å². The monoisotopic (exact) mass is 234 g/mol. The number of halogens is 1. The number of nitrogens with zero attached hydrogens (tertiary/aromatic N) is 2. The van der Waals surface area contributed by atoms with E-state index in [1.807, 2.05) is 18.2 Å². The number of aromatic nitrogens is 2. The molecule has 0 atom stereocenters. The molecule has 16 heavy (non-hydrogen) atoms. The van der Waals surface area contributed by atoms with E-state index in [2.05, 4.69) is 9.97 Å². The van der Waals surface area contributed by atoms with E-state index in [1.54, 1.807) is 6.07 Å². The van der Waals surface area contributed by atoms with Gasteiger partial charge in [0.05, 0.1) is 5.69 Å². The molecule has 0 amide bonds. The third-order valence-electron chi connectivity index (χ3n) is 2.30. The van der Waals surface area contributed by atoms with Crippen LogP contribution in [0.3, 0.4) is 0 Å². The van der Waals surface area contributed by atoms with E-state index in [1.165, 1.54) is 6.33 Å². The summed E-state index contributed by atoms with van der Waals surface area (Å²) in [6.07, 6.45) is 1.43. The van der Waals surface area contributed by atoms with Gasteiger partial charge in [-0.1, -0.05) is 11.6 Å². The van der Waals surface area contributed by atoms with Gasteiger partial charge in [-0.05, 0) is 18.2 Å². The maximum absolute atomic E-state index is 5.80. The van der Waals surface area contributed by atoms with E-state index in [0.717, 1.165) is 22.8 Å². The minimum Gasteiger partial charge on any atom is -0.454 e. The molecule has 80 valence electrons. The number of hydrogen-bond acceptors (Lipinski definition) is 4. The van der Waals surface area contributed by atoms with E-state index in [0.29, 0.717) is 5.15 Å². The summed E-state index contributed by atoms with van der Waals surface area (Å²) >= 11 is 5.80. The van der Waals surface area contributed by atoms with Crippen molar-refractivity contribution in [3.8, 4) is 22.8 Å². The maximum Gasteiger partial charge on any atom is 0.231 e. The van der Waals surface area contributed by atoms with Crippen LogP contribution in [-0.4, -0.2) is 16.8 Å². The van der Waals surface area contributed by atoms with Crippen LogP contribution < -0.4 is 9.47 Å². The number of rotatable bonds is 1. The van der Waals surface area contributed by atoms with Gasteiger partial charge < -0.3 is 9.47 Å². The SMILES string of the molecule is Clc1cc(-c2ccc3c(c2)OCO3)ncn1. The lowest BCUT2D eigenvalue weighted by molar-refractivity contribution is 0.174. The van der Waals surface area contributed by atoms with E-state index in [-0.39, 0.29) is 6.79 Å². The largest absolute Gasteiger partial charge is 0.454 e. The normalized spacial score (nSPS) is 12.8. The summed E-state index contributed by atoms with van der Waals surface area (Å²) in [6.45, 7) is 0.267. The zero-order valence-corrected chi connectivity index (χ0v) is 8.94. The average molecular weight is 235 g/mol. The Bertz CT molecular complexity index is 545. The Morgan fingerprint density at radius 3 is 2.81 bits per heavy atom. The van der Waals surface area contributed by atoms with Crippen LogP contribution in [-0.2, 0) is 0 Å². The standard InChI is InChI=1S/C11H7ClN2O2/c12-11-4-8(13-5-14-11)7-1-2-9-10(3-7)16-6-15-9/h1-5H,6H2. The Kier molecular flexibility index (Phi) is 2.15. The molecule has 2 heterocycles. The molecule has 3 rings (SSSR count). The highest BCUT2D eigenvalue weighted by molar-refractivity contribution is 6.29. The van der Waals surface area contributed by atoms with Crippen molar-refractivity contribution in [3.05, 3.63) is 35.7 Å². The number of benzene rings is 1. The molecule has 5 heteroatoms. The molecule has 2 aromatic rings. The van der Waals surface area contributed by atoms with Gasteiger partial charge in [-0.2, -0.15) is 0 Å². The van der Waals surface area contributed by atoms with Gasteiger partial charge in [0, 0.05) is 11.6 Å². The third-order valence-corrected chi connectivity index (χ3v) is 2.51. The second-order valence-electron chi connectivity index (χ2n) is 3.29. The van der Waals surface area contributed by atoms with Gasteiger partial charge >= 0.3 is 0 Å². The van der Waals surface area contributed by atoms with Gasteiger partial charge in [-0.3, -0.25) is 0 Å². The molecule has 1 aromatic heterocycles. The fourth-order valence-corrected chi connectivity index (χ4v) is 1.69. The molecule has 0 fully saturated rings. The van der Waals surface area contributed by atoms with Gasteiger partial charge in [0.25, 0.3) is 0 Å². The van der Waals surface area contributed by atoms with E-state index < -0.39 is 0 Å². The summed E-state index contributed by atoms with van der Waals surface area (Å²) in [5, 5.41) is 0.419. The van der Waals surface area contributed by atoms with Crippen LogP contribution in [0.25, 0.3) is 11.3 Å². The van der Waals surface area contributed by atoms with Gasteiger partial charge in [0.15, 0.2) is 11.5 Å². The van der Waals surface area contributed by atoms with Crippen LogP contribution in [0.4, 0.5) is 0 Å². The Labute approximate surface area is 96.8 Å². The number of fused-ring (bicyclic) bond motifs is 1. The number of hydrogen-bond donors (Lipinski definition) is 0.